The quantitative estimate of drug-likeness (QED) is 0.318. The van der Waals surface area contributed by atoms with E-state index in [4.69, 9.17) is 28.2 Å². The fourth-order valence-electron chi connectivity index (χ4n) is 3.92. The van der Waals surface area contributed by atoms with Crippen molar-refractivity contribution in [2.24, 2.45) is 0 Å². The molecule has 34 heavy (non-hydrogen) atoms. The monoisotopic (exact) mass is 491 g/mol. The molecule has 0 saturated heterocycles. The van der Waals surface area contributed by atoms with E-state index in [-0.39, 0.29) is 5.91 Å². The third kappa shape index (κ3) is 5.03. The molecule has 0 aliphatic rings. The molecule has 0 aliphatic carbocycles. The molecule has 1 amide bonds. The summed E-state index contributed by atoms with van der Waals surface area (Å²) in [6.07, 6.45) is 0. The lowest BCUT2D eigenvalue weighted by molar-refractivity contribution is 0.0915. The van der Waals surface area contributed by atoms with Crippen LogP contribution in [0.5, 0.6) is 0 Å². The van der Waals surface area contributed by atoms with Gasteiger partial charge >= 0.3 is 0 Å². The minimum Gasteiger partial charge on any atom is -0.346 e. The Labute approximate surface area is 210 Å². The summed E-state index contributed by atoms with van der Waals surface area (Å²) in [6, 6.07) is 21.3. The van der Waals surface area contributed by atoms with Crippen LogP contribution < -0.4 is 5.32 Å². The number of benzene rings is 3. The summed E-state index contributed by atoms with van der Waals surface area (Å²) in [5.74, 6) is 0.401. The lowest BCUT2D eigenvalue weighted by Gasteiger charge is -2.20. The van der Waals surface area contributed by atoms with Crippen molar-refractivity contribution < 1.29 is 4.79 Å². The van der Waals surface area contributed by atoms with Gasteiger partial charge in [-0.25, -0.2) is 4.98 Å². The lowest BCUT2D eigenvalue weighted by Crippen LogP contribution is -2.41. The maximum absolute atomic E-state index is 13.5. The van der Waals surface area contributed by atoms with Gasteiger partial charge in [-0.3, -0.25) is 9.36 Å². The van der Waals surface area contributed by atoms with E-state index < -0.39 is 5.54 Å². The number of nitrogens with zero attached hydrogens (tertiary/aromatic N) is 2. The molecule has 0 saturated carbocycles. The summed E-state index contributed by atoms with van der Waals surface area (Å²) >= 11 is 12.8. The highest BCUT2D eigenvalue weighted by Crippen LogP contribution is 2.36. The van der Waals surface area contributed by atoms with Gasteiger partial charge in [-0.2, -0.15) is 0 Å². The molecular weight excluding hydrogens is 465 g/mol. The Bertz CT molecular complexity index is 1380. The van der Waals surface area contributed by atoms with Crippen molar-refractivity contribution in [1.29, 1.82) is 0 Å². The lowest BCUT2D eigenvalue weighted by atomic mass is 10.1. The van der Waals surface area contributed by atoms with Gasteiger partial charge < -0.3 is 5.32 Å². The fraction of sp³-hybridized carbons (Fsp3) is 0.214. The molecule has 0 bridgehead atoms. The van der Waals surface area contributed by atoms with Crippen molar-refractivity contribution in [2.75, 3.05) is 0 Å². The van der Waals surface area contributed by atoms with Gasteiger partial charge in [0.2, 0.25) is 0 Å². The molecule has 0 aliphatic heterocycles. The number of carbonyl (C=O) groups excluding carboxylic acids is 1. The van der Waals surface area contributed by atoms with Gasteiger partial charge in [0.05, 0.1) is 11.4 Å². The molecule has 174 valence electrons. The third-order valence-corrected chi connectivity index (χ3v) is 5.84. The van der Waals surface area contributed by atoms with E-state index in [1.54, 1.807) is 0 Å². The Hall–Kier alpha value is -3.08. The molecule has 6 heteroatoms. The molecule has 0 radical (unpaired) electrons. The largest absolute Gasteiger partial charge is 0.346 e. The number of hydrogen-bond acceptors (Lipinski definition) is 2. The smallest absolute Gasteiger partial charge is 0.272 e. The highest BCUT2D eigenvalue weighted by molar-refractivity contribution is 6.31. The Kier molecular flexibility index (Phi) is 6.57. The third-order valence-electron chi connectivity index (χ3n) is 5.37. The molecule has 4 rings (SSSR count). The number of rotatable bonds is 4. The molecule has 0 unspecified atom stereocenters. The topological polar surface area (TPSA) is 46.9 Å². The molecule has 0 fully saturated rings. The van der Waals surface area contributed by atoms with Crippen LogP contribution in [-0.4, -0.2) is 21.0 Å². The van der Waals surface area contributed by atoms with E-state index in [9.17, 15) is 4.79 Å². The van der Waals surface area contributed by atoms with Gasteiger partial charge in [0.15, 0.2) is 5.69 Å². The summed E-state index contributed by atoms with van der Waals surface area (Å²) in [5, 5.41) is 4.24. The van der Waals surface area contributed by atoms with Crippen molar-refractivity contribution >= 4 is 29.1 Å². The van der Waals surface area contributed by atoms with Crippen LogP contribution in [0.15, 0.2) is 66.7 Å². The van der Waals surface area contributed by atoms with Gasteiger partial charge in [0.25, 0.3) is 5.91 Å². The number of aryl methyl sites for hydroxylation is 2. The average molecular weight is 492 g/mol. The van der Waals surface area contributed by atoms with Crippen LogP contribution in [0, 0.1) is 13.8 Å². The molecule has 1 heterocycles. The van der Waals surface area contributed by atoms with Gasteiger partial charge in [0.1, 0.15) is 5.82 Å². The zero-order valence-electron chi connectivity index (χ0n) is 19.9. The van der Waals surface area contributed by atoms with E-state index in [1.807, 2.05) is 99.8 Å². The van der Waals surface area contributed by atoms with Crippen molar-refractivity contribution in [3.05, 3.63) is 93.6 Å². The zero-order valence-corrected chi connectivity index (χ0v) is 21.4. The van der Waals surface area contributed by atoms with Gasteiger partial charge in [-0.05, 0) is 70.5 Å². The Balaban J connectivity index is 2.13. The SMILES string of the molecule is Cc1cccc(-c2nc(C(=O)NC(C)(C)C)c(-c3cccc(Cl)c3)n2-c2cc(Cl)ccc2C)c1. The van der Waals surface area contributed by atoms with Crippen molar-refractivity contribution in [3.8, 4) is 28.3 Å². The highest BCUT2D eigenvalue weighted by Gasteiger charge is 2.28. The Morgan fingerprint density at radius 2 is 1.56 bits per heavy atom. The number of aromatic nitrogens is 2. The van der Waals surface area contributed by atoms with E-state index in [0.717, 1.165) is 27.9 Å². The van der Waals surface area contributed by atoms with Crippen molar-refractivity contribution in [2.45, 2.75) is 40.2 Å². The van der Waals surface area contributed by atoms with E-state index >= 15 is 0 Å². The summed E-state index contributed by atoms with van der Waals surface area (Å²) in [7, 11) is 0. The fourth-order valence-corrected chi connectivity index (χ4v) is 4.27. The number of imidazole rings is 1. The maximum Gasteiger partial charge on any atom is 0.272 e. The van der Waals surface area contributed by atoms with Crippen LogP contribution in [0.2, 0.25) is 10.0 Å². The number of amides is 1. The maximum atomic E-state index is 13.5. The predicted octanol–water partition coefficient (Wildman–Crippen LogP) is 7.66. The summed E-state index contributed by atoms with van der Waals surface area (Å²) < 4.78 is 2.01. The minimum atomic E-state index is -0.429. The number of carbonyl (C=O) groups is 1. The van der Waals surface area contributed by atoms with E-state index in [0.29, 0.717) is 27.3 Å². The second-order valence-electron chi connectivity index (χ2n) is 9.48. The zero-order chi connectivity index (χ0) is 24.6. The van der Waals surface area contributed by atoms with Crippen LogP contribution in [0.25, 0.3) is 28.3 Å². The summed E-state index contributed by atoms with van der Waals surface area (Å²) in [5.41, 5.74) is 5.19. The van der Waals surface area contributed by atoms with Gasteiger partial charge in [-0.1, -0.05) is 65.2 Å². The van der Waals surface area contributed by atoms with Crippen molar-refractivity contribution in [1.82, 2.24) is 14.9 Å². The molecule has 0 atom stereocenters. The molecule has 4 nitrogen and oxygen atoms in total. The molecular formula is C28H27Cl2N3O. The molecule has 4 aromatic rings. The first-order valence-electron chi connectivity index (χ1n) is 11.1. The van der Waals surface area contributed by atoms with Crippen molar-refractivity contribution in [3.63, 3.8) is 0 Å². The number of hydrogen-bond donors (Lipinski definition) is 1. The molecule has 1 N–H and O–H groups in total. The van der Waals surface area contributed by atoms with Gasteiger partial charge in [0, 0.05) is 26.7 Å². The second kappa shape index (κ2) is 9.28. The Morgan fingerprint density at radius 3 is 2.24 bits per heavy atom. The normalized spacial score (nSPS) is 11.5. The standard InChI is InChI=1S/C28H27Cl2N3O/c1-17-8-6-10-20(14-17)26-31-24(27(34)32-28(3,4)5)25(19-9-7-11-21(29)15-19)33(26)23-16-22(30)13-12-18(23)2/h6-16H,1-5H3,(H,32,34). The van der Waals surface area contributed by atoms with Crippen LogP contribution >= 0.6 is 23.2 Å². The van der Waals surface area contributed by atoms with E-state index in [2.05, 4.69) is 11.4 Å². The predicted molar refractivity (Wildman–Crippen MR) is 141 cm³/mol. The highest BCUT2D eigenvalue weighted by atomic mass is 35.5. The van der Waals surface area contributed by atoms with Crippen LogP contribution in [-0.2, 0) is 0 Å². The molecule has 0 spiro atoms. The second-order valence-corrected chi connectivity index (χ2v) is 10.4. The van der Waals surface area contributed by atoms with Gasteiger partial charge in [-0.15, -0.1) is 0 Å². The first-order valence-corrected chi connectivity index (χ1v) is 11.8. The molecule has 1 aromatic heterocycles. The minimum absolute atomic E-state index is 0.255. The van der Waals surface area contributed by atoms with Crippen LogP contribution in [0.4, 0.5) is 0 Å². The summed E-state index contributed by atoms with van der Waals surface area (Å²) in [6.45, 7) is 9.89. The average Bonchev–Trinajstić information content (AvgIpc) is 3.15. The number of nitrogens with one attached hydrogen (secondary N) is 1. The molecule has 3 aromatic carbocycles. The van der Waals surface area contributed by atoms with Crippen LogP contribution in [0.3, 0.4) is 0 Å². The first-order chi connectivity index (χ1) is 16.0. The Morgan fingerprint density at radius 1 is 0.882 bits per heavy atom. The van der Waals surface area contributed by atoms with Crippen LogP contribution in [0.1, 0.15) is 42.4 Å². The van der Waals surface area contributed by atoms with E-state index in [1.165, 1.54) is 0 Å². The number of halogens is 2. The first kappa shape index (κ1) is 24.1. The summed E-state index contributed by atoms with van der Waals surface area (Å²) in [4.78, 5) is 18.5.